The molecule has 0 aromatic carbocycles. The minimum absolute atomic E-state index is 0.120. The molecule has 1 atom stereocenters. The first-order valence-electron chi connectivity index (χ1n) is 5.96. The number of rotatable bonds is 3. The van der Waals surface area contributed by atoms with Gasteiger partial charge in [-0.05, 0) is 39.0 Å². The number of piperidine rings is 1. The van der Waals surface area contributed by atoms with Crippen LogP contribution in [-0.4, -0.2) is 34.0 Å². The van der Waals surface area contributed by atoms with E-state index in [9.17, 15) is 9.59 Å². The summed E-state index contributed by atoms with van der Waals surface area (Å²) >= 11 is 0. The molecular weight excluding hydrogens is 206 g/mol. The first kappa shape index (κ1) is 11.4. The topological polar surface area (TPSA) is 57.6 Å². The van der Waals surface area contributed by atoms with Crippen molar-refractivity contribution in [1.29, 1.82) is 0 Å². The fourth-order valence-electron chi connectivity index (χ4n) is 2.61. The lowest BCUT2D eigenvalue weighted by atomic mass is 9.89. The predicted octanol–water partition coefficient (Wildman–Crippen LogP) is 1.50. The van der Waals surface area contributed by atoms with Crippen LogP contribution in [0.15, 0.2) is 0 Å². The van der Waals surface area contributed by atoms with E-state index in [-0.39, 0.29) is 17.4 Å². The second-order valence-corrected chi connectivity index (χ2v) is 5.51. The third kappa shape index (κ3) is 1.93. The van der Waals surface area contributed by atoms with Gasteiger partial charge in [-0.1, -0.05) is 0 Å². The molecule has 0 aromatic heterocycles. The molecule has 1 aliphatic carbocycles. The van der Waals surface area contributed by atoms with Gasteiger partial charge in [0.1, 0.15) is 0 Å². The summed E-state index contributed by atoms with van der Waals surface area (Å²) in [7, 11) is 0. The van der Waals surface area contributed by atoms with Crippen LogP contribution in [0.3, 0.4) is 0 Å². The molecule has 4 heteroatoms. The lowest BCUT2D eigenvalue weighted by Gasteiger charge is -2.43. The lowest BCUT2D eigenvalue weighted by molar-refractivity contribution is -0.151. The molecule has 1 saturated carbocycles. The summed E-state index contributed by atoms with van der Waals surface area (Å²) in [5.74, 6) is -0.474. The molecule has 1 amide bonds. The third-order valence-electron chi connectivity index (χ3n) is 4.03. The Bertz CT molecular complexity index is 320. The Hall–Kier alpha value is -1.06. The third-order valence-corrected chi connectivity index (χ3v) is 4.03. The summed E-state index contributed by atoms with van der Waals surface area (Å²) in [5, 5.41) is 9.02. The van der Waals surface area contributed by atoms with Crippen molar-refractivity contribution < 1.29 is 14.7 Å². The second-order valence-electron chi connectivity index (χ2n) is 5.51. The number of aliphatic carboxylic acids is 1. The van der Waals surface area contributed by atoms with Gasteiger partial charge in [0.15, 0.2) is 0 Å². The van der Waals surface area contributed by atoms with Gasteiger partial charge in [-0.2, -0.15) is 0 Å². The van der Waals surface area contributed by atoms with Crippen LogP contribution in [0.4, 0.5) is 0 Å². The first-order chi connectivity index (χ1) is 7.43. The van der Waals surface area contributed by atoms with Crippen LogP contribution in [0.1, 0.15) is 39.5 Å². The van der Waals surface area contributed by atoms with E-state index >= 15 is 0 Å². The molecule has 2 fully saturated rings. The summed E-state index contributed by atoms with van der Waals surface area (Å²) in [4.78, 5) is 24.7. The molecule has 4 nitrogen and oxygen atoms in total. The van der Waals surface area contributed by atoms with Crippen LogP contribution in [0.5, 0.6) is 0 Å². The maximum atomic E-state index is 11.9. The SMILES string of the molecule is CC(C)(C1CC1)N1CC(C(=O)O)CCC1=O. The van der Waals surface area contributed by atoms with Gasteiger partial charge in [0.05, 0.1) is 5.92 Å². The van der Waals surface area contributed by atoms with Crippen molar-refractivity contribution in [2.75, 3.05) is 6.54 Å². The van der Waals surface area contributed by atoms with Crippen LogP contribution >= 0.6 is 0 Å². The zero-order valence-corrected chi connectivity index (χ0v) is 9.90. The maximum absolute atomic E-state index is 11.9. The molecule has 90 valence electrons. The molecule has 1 aliphatic heterocycles. The van der Waals surface area contributed by atoms with Crippen molar-refractivity contribution in [3.05, 3.63) is 0 Å². The summed E-state index contributed by atoms with van der Waals surface area (Å²) < 4.78 is 0. The van der Waals surface area contributed by atoms with Gasteiger partial charge in [0, 0.05) is 18.5 Å². The fourth-order valence-corrected chi connectivity index (χ4v) is 2.61. The van der Waals surface area contributed by atoms with E-state index < -0.39 is 5.97 Å². The predicted molar refractivity (Wildman–Crippen MR) is 58.9 cm³/mol. The number of carboxylic acids is 1. The van der Waals surface area contributed by atoms with E-state index in [0.29, 0.717) is 25.3 Å². The van der Waals surface area contributed by atoms with E-state index in [1.165, 1.54) is 0 Å². The quantitative estimate of drug-likeness (QED) is 0.791. The smallest absolute Gasteiger partial charge is 0.308 e. The largest absolute Gasteiger partial charge is 0.481 e. The van der Waals surface area contributed by atoms with Crippen LogP contribution in [0.2, 0.25) is 0 Å². The van der Waals surface area contributed by atoms with Gasteiger partial charge in [-0.15, -0.1) is 0 Å². The lowest BCUT2D eigenvalue weighted by Crippen LogP contribution is -2.54. The number of nitrogens with zero attached hydrogens (tertiary/aromatic N) is 1. The standard InChI is InChI=1S/C12H19NO3/c1-12(2,9-4-5-9)13-7-8(11(15)16)3-6-10(13)14/h8-9H,3-7H2,1-2H3,(H,15,16). The Morgan fingerprint density at radius 2 is 2.00 bits per heavy atom. The van der Waals surface area contributed by atoms with E-state index in [1.54, 1.807) is 4.90 Å². The van der Waals surface area contributed by atoms with Crippen molar-refractivity contribution in [2.45, 2.75) is 45.1 Å². The molecule has 1 N–H and O–H groups in total. The van der Waals surface area contributed by atoms with Gasteiger partial charge in [-0.25, -0.2) is 0 Å². The van der Waals surface area contributed by atoms with E-state index in [1.807, 2.05) is 0 Å². The number of hydrogen-bond donors (Lipinski definition) is 1. The maximum Gasteiger partial charge on any atom is 0.308 e. The Balaban J connectivity index is 2.11. The molecule has 0 spiro atoms. The highest BCUT2D eigenvalue weighted by Crippen LogP contribution is 2.44. The number of hydrogen-bond acceptors (Lipinski definition) is 2. The zero-order chi connectivity index (χ0) is 11.9. The monoisotopic (exact) mass is 225 g/mol. The normalized spacial score (nSPS) is 27.0. The Labute approximate surface area is 95.6 Å². The van der Waals surface area contributed by atoms with Gasteiger partial charge in [0.25, 0.3) is 0 Å². The molecule has 1 saturated heterocycles. The molecule has 0 radical (unpaired) electrons. The van der Waals surface area contributed by atoms with Crippen molar-refractivity contribution in [3.63, 3.8) is 0 Å². The van der Waals surface area contributed by atoms with Crippen LogP contribution in [0, 0.1) is 11.8 Å². The number of amides is 1. The number of carboxylic acid groups (broad SMARTS) is 1. The van der Waals surface area contributed by atoms with E-state index in [4.69, 9.17) is 5.11 Å². The minimum Gasteiger partial charge on any atom is -0.481 e. The summed E-state index contributed by atoms with van der Waals surface area (Å²) in [6, 6.07) is 0. The second kappa shape index (κ2) is 3.75. The summed E-state index contributed by atoms with van der Waals surface area (Å²) in [6.45, 7) is 4.51. The van der Waals surface area contributed by atoms with Gasteiger partial charge in [0.2, 0.25) is 5.91 Å². The molecule has 2 aliphatic rings. The van der Waals surface area contributed by atoms with Crippen molar-refractivity contribution in [1.82, 2.24) is 4.90 Å². The molecular formula is C12H19NO3. The number of carbonyl (C=O) groups is 2. The zero-order valence-electron chi connectivity index (χ0n) is 9.90. The van der Waals surface area contributed by atoms with E-state index in [2.05, 4.69) is 13.8 Å². The minimum atomic E-state index is -0.774. The van der Waals surface area contributed by atoms with E-state index in [0.717, 1.165) is 12.8 Å². The van der Waals surface area contributed by atoms with Crippen molar-refractivity contribution >= 4 is 11.9 Å². The molecule has 16 heavy (non-hydrogen) atoms. The Kier molecular flexibility index (Phi) is 2.68. The van der Waals surface area contributed by atoms with Gasteiger partial charge < -0.3 is 10.0 Å². The molecule has 0 bridgehead atoms. The summed E-state index contributed by atoms with van der Waals surface area (Å²) in [5.41, 5.74) is -0.162. The highest BCUT2D eigenvalue weighted by atomic mass is 16.4. The van der Waals surface area contributed by atoms with Gasteiger partial charge in [-0.3, -0.25) is 9.59 Å². The molecule has 2 rings (SSSR count). The highest BCUT2D eigenvalue weighted by Gasteiger charge is 2.46. The van der Waals surface area contributed by atoms with Crippen LogP contribution in [-0.2, 0) is 9.59 Å². The molecule has 1 heterocycles. The number of carbonyl (C=O) groups excluding carboxylic acids is 1. The van der Waals surface area contributed by atoms with Crippen LogP contribution in [0.25, 0.3) is 0 Å². The summed E-state index contributed by atoms with van der Waals surface area (Å²) in [6.07, 6.45) is 3.20. The molecule has 0 aromatic rings. The highest BCUT2D eigenvalue weighted by molar-refractivity contribution is 5.81. The van der Waals surface area contributed by atoms with Crippen LogP contribution < -0.4 is 0 Å². The average molecular weight is 225 g/mol. The Morgan fingerprint density at radius 3 is 2.50 bits per heavy atom. The molecule has 1 unspecified atom stereocenters. The van der Waals surface area contributed by atoms with Crippen molar-refractivity contribution in [2.24, 2.45) is 11.8 Å². The van der Waals surface area contributed by atoms with Crippen molar-refractivity contribution in [3.8, 4) is 0 Å². The fraction of sp³-hybridized carbons (Fsp3) is 0.833. The Morgan fingerprint density at radius 1 is 1.38 bits per heavy atom. The first-order valence-corrected chi connectivity index (χ1v) is 5.96. The van der Waals surface area contributed by atoms with Gasteiger partial charge >= 0.3 is 5.97 Å². The number of likely N-dealkylation sites (tertiary alicyclic amines) is 1. The average Bonchev–Trinajstić information content (AvgIpc) is 3.00.